The Labute approximate surface area is 170 Å². The fourth-order valence-corrected chi connectivity index (χ4v) is 1.86. The van der Waals surface area contributed by atoms with Crippen molar-refractivity contribution in [2.75, 3.05) is 119 Å². The zero-order valence-electron chi connectivity index (χ0n) is 17.8. The topological polar surface area (TPSA) is 85.9 Å². The molecule has 0 heterocycles. The lowest BCUT2D eigenvalue weighted by Crippen LogP contribution is -2.17. The summed E-state index contributed by atoms with van der Waals surface area (Å²) >= 11 is 0. The van der Waals surface area contributed by atoms with Gasteiger partial charge < -0.3 is 43.2 Å². The van der Waals surface area contributed by atoms with Crippen LogP contribution in [0.5, 0.6) is 0 Å². The molecule has 9 heteroatoms. The number of hydrogen-bond donors (Lipinski definition) is 1. The van der Waals surface area contributed by atoms with Gasteiger partial charge in [0.25, 0.3) is 0 Å². The Kier molecular flexibility index (Phi) is 26.3. The number of hydrogen-bond acceptors (Lipinski definition) is 9. The molecule has 0 radical (unpaired) electrons. The Morgan fingerprint density at radius 1 is 0.393 bits per heavy atom. The molecule has 0 aliphatic carbocycles. The van der Waals surface area contributed by atoms with Crippen molar-refractivity contribution in [2.24, 2.45) is 0 Å². The van der Waals surface area contributed by atoms with Gasteiger partial charge in [0.2, 0.25) is 0 Å². The van der Waals surface area contributed by atoms with Crippen LogP contribution in [0.1, 0.15) is 6.92 Å². The van der Waals surface area contributed by atoms with Crippen LogP contribution in [0, 0.1) is 0 Å². The third-order valence-corrected chi connectivity index (χ3v) is 3.30. The van der Waals surface area contributed by atoms with Crippen LogP contribution >= 0.6 is 0 Å². The number of rotatable bonds is 25. The van der Waals surface area contributed by atoms with Gasteiger partial charge in [0.1, 0.15) is 0 Å². The van der Waals surface area contributed by atoms with Crippen molar-refractivity contribution in [1.29, 1.82) is 0 Å². The molecule has 0 bridgehead atoms. The predicted molar refractivity (Wildman–Crippen MR) is 106 cm³/mol. The summed E-state index contributed by atoms with van der Waals surface area (Å²) in [6.45, 7) is 12.2. The molecular weight excluding hydrogens is 370 g/mol. The second-order valence-electron chi connectivity index (χ2n) is 5.59. The average molecular weight is 412 g/mol. The van der Waals surface area contributed by atoms with Crippen LogP contribution in [0.4, 0.5) is 0 Å². The molecule has 0 saturated heterocycles. The third kappa shape index (κ3) is 25.6. The van der Waals surface area contributed by atoms with Crippen LogP contribution in [-0.4, -0.2) is 119 Å². The summed E-state index contributed by atoms with van der Waals surface area (Å²) in [6.07, 6.45) is 0. The standard InChI is InChI=1S/C19H41NO8/c1-3-21-6-7-23-10-11-25-14-15-27-18-19-28-17-16-26-13-12-24-9-8-22-5-4-20-2/h20H,3-19H2,1-2H3. The highest BCUT2D eigenvalue weighted by molar-refractivity contribution is 4.38. The normalized spacial score (nSPS) is 11.4. The molecule has 0 spiro atoms. The van der Waals surface area contributed by atoms with Gasteiger partial charge in [-0.25, -0.2) is 0 Å². The molecule has 0 atom stereocenters. The number of nitrogens with one attached hydrogen (secondary N) is 1. The van der Waals surface area contributed by atoms with Crippen molar-refractivity contribution in [1.82, 2.24) is 5.32 Å². The Morgan fingerprint density at radius 3 is 0.893 bits per heavy atom. The first kappa shape index (κ1) is 27.6. The van der Waals surface area contributed by atoms with Gasteiger partial charge in [0, 0.05) is 13.2 Å². The van der Waals surface area contributed by atoms with Crippen molar-refractivity contribution in [3.8, 4) is 0 Å². The van der Waals surface area contributed by atoms with E-state index in [4.69, 9.17) is 37.9 Å². The number of likely N-dealkylation sites (N-methyl/N-ethyl adjacent to an activating group) is 1. The highest BCUT2D eigenvalue weighted by atomic mass is 16.6. The van der Waals surface area contributed by atoms with Crippen LogP contribution in [-0.2, 0) is 37.9 Å². The van der Waals surface area contributed by atoms with Gasteiger partial charge in [-0.1, -0.05) is 0 Å². The lowest BCUT2D eigenvalue weighted by Gasteiger charge is -2.08. The minimum atomic E-state index is 0.546. The summed E-state index contributed by atoms with van der Waals surface area (Å²) in [6, 6.07) is 0. The SMILES string of the molecule is CCOCCOCCOCCOCCOCCOCCOCCOCCNC. The minimum Gasteiger partial charge on any atom is -0.379 e. The molecule has 0 rings (SSSR count). The van der Waals surface area contributed by atoms with Gasteiger partial charge in [-0.3, -0.25) is 0 Å². The Bertz CT molecular complexity index is 248. The van der Waals surface area contributed by atoms with Gasteiger partial charge in [-0.05, 0) is 14.0 Å². The van der Waals surface area contributed by atoms with Gasteiger partial charge in [-0.2, -0.15) is 0 Å². The van der Waals surface area contributed by atoms with Gasteiger partial charge >= 0.3 is 0 Å². The maximum atomic E-state index is 5.42. The largest absolute Gasteiger partial charge is 0.379 e. The smallest absolute Gasteiger partial charge is 0.0701 e. The van der Waals surface area contributed by atoms with E-state index in [1.807, 2.05) is 14.0 Å². The van der Waals surface area contributed by atoms with Crippen LogP contribution in [0.3, 0.4) is 0 Å². The highest BCUT2D eigenvalue weighted by Gasteiger charge is 1.94. The van der Waals surface area contributed by atoms with Crippen molar-refractivity contribution in [3.05, 3.63) is 0 Å². The van der Waals surface area contributed by atoms with E-state index >= 15 is 0 Å². The van der Waals surface area contributed by atoms with Gasteiger partial charge in [0.15, 0.2) is 0 Å². The zero-order chi connectivity index (χ0) is 20.4. The molecule has 0 aromatic carbocycles. The Balaban J connectivity index is 2.96. The fourth-order valence-electron chi connectivity index (χ4n) is 1.86. The van der Waals surface area contributed by atoms with Crippen molar-refractivity contribution < 1.29 is 37.9 Å². The molecule has 0 aromatic rings. The third-order valence-electron chi connectivity index (χ3n) is 3.30. The first-order valence-corrected chi connectivity index (χ1v) is 10.2. The lowest BCUT2D eigenvalue weighted by atomic mass is 10.6. The average Bonchev–Trinajstić information content (AvgIpc) is 2.71. The molecule has 0 saturated carbocycles. The second kappa shape index (κ2) is 26.6. The minimum absolute atomic E-state index is 0.546. The zero-order valence-corrected chi connectivity index (χ0v) is 17.8. The second-order valence-corrected chi connectivity index (χ2v) is 5.59. The molecule has 170 valence electrons. The van der Waals surface area contributed by atoms with E-state index in [9.17, 15) is 0 Å². The maximum Gasteiger partial charge on any atom is 0.0701 e. The van der Waals surface area contributed by atoms with Crippen LogP contribution in [0.2, 0.25) is 0 Å². The molecule has 0 fully saturated rings. The van der Waals surface area contributed by atoms with E-state index in [1.165, 1.54) is 0 Å². The number of ether oxygens (including phenoxy) is 8. The Hall–Kier alpha value is -0.360. The molecule has 0 aliphatic rings. The van der Waals surface area contributed by atoms with Crippen molar-refractivity contribution >= 4 is 0 Å². The molecule has 28 heavy (non-hydrogen) atoms. The first-order chi connectivity index (χ1) is 13.9. The summed E-state index contributed by atoms with van der Waals surface area (Å²) in [4.78, 5) is 0. The van der Waals surface area contributed by atoms with Gasteiger partial charge in [-0.15, -0.1) is 0 Å². The van der Waals surface area contributed by atoms with E-state index in [2.05, 4.69) is 5.32 Å². The predicted octanol–water partition coefficient (Wildman–Crippen LogP) is 0.359. The summed E-state index contributed by atoms with van der Waals surface area (Å²) in [5, 5.41) is 3.01. The summed E-state index contributed by atoms with van der Waals surface area (Å²) < 4.78 is 42.9. The van der Waals surface area contributed by atoms with Crippen LogP contribution in [0.15, 0.2) is 0 Å². The summed E-state index contributed by atoms with van der Waals surface area (Å²) in [5.41, 5.74) is 0. The van der Waals surface area contributed by atoms with Crippen molar-refractivity contribution in [3.63, 3.8) is 0 Å². The van der Waals surface area contributed by atoms with E-state index in [0.717, 1.165) is 13.2 Å². The van der Waals surface area contributed by atoms with Gasteiger partial charge in [0.05, 0.1) is 99.1 Å². The molecule has 1 N–H and O–H groups in total. The van der Waals surface area contributed by atoms with E-state index in [1.54, 1.807) is 0 Å². The summed E-state index contributed by atoms with van der Waals surface area (Å²) in [7, 11) is 1.90. The molecule has 9 nitrogen and oxygen atoms in total. The fraction of sp³-hybridized carbons (Fsp3) is 1.00. The Morgan fingerprint density at radius 2 is 0.643 bits per heavy atom. The van der Waals surface area contributed by atoms with Crippen LogP contribution < -0.4 is 5.32 Å². The maximum absolute atomic E-state index is 5.42. The lowest BCUT2D eigenvalue weighted by molar-refractivity contribution is -0.0227. The molecule has 0 aliphatic heterocycles. The summed E-state index contributed by atoms with van der Waals surface area (Å²) in [5.74, 6) is 0. The van der Waals surface area contributed by atoms with Crippen molar-refractivity contribution in [2.45, 2.75) is 6.92 Å². The van der Waals surface area contributed by atoms with Crippen LogP contribution in [0.25, 0.3) is 0 Å². The molecule has 0 amide bonds. The monoisotopic (exact) mass is 411 g/mol. The molecule has 0 unspecified atom stereocenters. The van der Waals surface area contributed by atoms with E-state index in [-0.39, 0.29) is 0 Å². The van der Waals surface area contributed by atoms with E-state index < -0.39 is 0 Å². The quantitative estimate of drug-likeness (QED) is 0.214. The first-order valence-electron chi connectivity index (χ1n) is 10.2. The van der Waals surface area contributed by atoms with E-state index in [0.29, 0.717) is 99.1 Å². The highest BCUT2D eigenvalue weighted by Crippen LogP contribution is 1.85. The molecule has 0 aromatic heterocycles. The molecular formula is C19H41NO8.